The molecule has 0 aliphatic heterocycles. The number of rotatable bonds is 10. The maximum atomic E-state index is 13.4. The van der Waals surface area contributed by atoms with E-state index < -0.39 is 6.04 Å². The molecule has 3 aromatic rings. The van der Waals surface area contributed by atoms with Gasteiger partial charge in [0, 0.05) is 30.8 Å². The van der Waals surface area contributed by atoms with Crippen molar-refractivity contribution in [1.82, 2.24) is 10.2 Å². The molecule has 0 radical (unpaired) electrons. The van der Waals surface area contributed by atoms with E-state index in [0.717, 1.165) is 22.4 Å². The van der Waals surface area contributed by atoms with E-state index in [-0.39, 0.29) is 24.1 Å². The Hall–Kier alpha value is -2.76. The Kier molecular flexibility index (Phi) is 9.20. The van der Waals surface area contributed by atoms with Crippen LogP contribution in [0.4, 0.5) is 0 Å². The monoisotopic (exact) mass is 466 g/mol. The molecule has 0 aliphatic carbocycles. The molecular weight excluding hydrogens is 440 g/mol. The van der Waals surface area contributed by atoms with Crippen LogP contribution in [0, 0.1) is 0 Å². The van der Waals surface area contributed by atoms with E-state index in [1.807, 2.05) is 78.9 Å². The number of thioether (sulfide) groups is 1. The summed E-state index contributed by atoms with van der Waals surface area (Å²) in [6.07, 6.45) is 0.431. The van der Waals surface area contributed by atoms with Crippen molar-refractivity contribution in [3.05, 3.63) is 107 Å². The summed E-state index contributed by atoms with van der Waals surface area (Å²) in [6, 6.07) is 26.6. The van der Waals surface area contributed by atoms with Gasteiger partial charge in [-0.3, -0.25) is 9.59 Å². The summed E-state index contributed by atoms with van der Waals surface area (Å²) < 4.78 is 0. The standard InChI is InChI=1S/C26H27ClN2O2S/c1-28-26(31)24(16-20-10-4-2-5-11-20)29(17-22-14-8-9-15-23(22)27)25(30)19-32-18-21-12-6-3-7-13-21/h2-15,24H,16-19H2,1H3,(H,28,31)/t24-/m0/s1. The van der Waals surface area contributed by atoms with Crippen molar-refractivity contribution in [3.63, 3.8) is 0 Å². The summed E-state index contributed by atoms with van der Waals surface area (Å²) in [5, 5.41) is 3.31. The first-order valence-electron chi connectivity index (χ1n) is 10.5. The molecule has 32 heavy (non-hydrogen) atoms. The van der Waals surface area contributed by atoms with Gasteiger partial charge in [-0.25, -0.2) is 0 Å². The van der Waals surface area contributed by atoms with E-state index >= 15 is 0 Å². The molecule has 3 aromatic carbocycles. The fraction of sp³-hybridized carbons (Fsp3) is 0.231. The fourth-order valence-electron chi connectivity index (χ4n) is 3.44. The third kappa shape index (κ3) is 6.87. The van der Waals surface area contributed by atoms with Crippen LogP contribution in [0.5, 0.6) is 0 Å². The van der Waals surface area contributed by atoms with Gasteiger partial charge in [0.1, 0.15) is 6.04 Å². The van der Waals surface area contributed by atoms with E-state index in [4.69, 9.17) is 11.6 Å². The van der Waals surface area contributed by atoms with Gasteiger partial charge in [-0.2, -0.15) is 0 Å². The van der Waals surface area contributed by atoms with E-state index in [2.05, 4.69) is 5.32 Å². The van der Waals surface area contributed by atoms with Crippen LogP contribution >= 0.6 is 23.4 Å². The maximum Gasteiger partial charge on any atom is 0.242 e. The van der Waals surface area contributed by atoms with Crippen LogP contribution in [0.15, 0.2) is 84.9 Å². The second-order valence-electron chi connectivity index (χ2n) is 7.41. The molecular formula is C26H27ClN2O2S. The quantitative estimate of drug-likeness (QED) is 0.459. The number of amides is 2. The molecule has 0 unspecified atom stereocenters. The maximum absolute atomic E-state index is 13.4. The molecule has 0 fully saturated rings. The number of nitrogens with zero attached hydrogens (tertiary/aromatic N) is 1. The summed E-state index contributed by atoms with van der Waals surface area (Å²) in [4.78, 5) is 27.9. The molecule has 2 amide bonds. The van der Waals surface area contributed by atoms with Crippen LogP contribution < -0.4 is 5.32 Å². The Morgan fingerprint density at radius 2 is 1.50 bits per heavy atom. The first kappa shape index (κ1) is 23.9. The lowest BCUT2D eigenvalue weighted by Crippen LogP contribution is -2.50. The van der Waals surface area contributed by atoms with Crippen molar-refractivity contribution in [2.45, 2.75) is 24.8 Å². The predicted molar refractivity (Wildman–Crippen MR) is 133 cm³/mol. The van der Waals surface area contributed by atoms with E-state index in [9.17, 15) is 9.59 Å². The highest BCUT2D eigenvalue weighted by Gasteiger charge is 2.30. The van der Waals surface area contributed by atoms with Crippen molar-refractivity contribution in [2.24, 2.45) is 0 Å². The lowest BCUT2D eigenvalue weighted by atomic mass is 10.0. The Balaban J connectivity index is 1.82. The van der Waals surface area contributed by atoms with Gasteiger partial charge in [-0.1, -0.05) is 90.5 Å². The highest BCUT2D eigenvalue weighted by Crippen LogP contribution is 2.22. The molecule has 0 saturated carbocycles. The Morgan fingerprint density at radius 1 is 0.906 bits per heavy atom. The van der Waals surface area contributed by atoms with Gasteiger partial charge in [-0.15, -0.1) is 11.8 Å². The van der Waals surface area contributed by atoms with Gasteiger partial charge in [0.25, 0.3) is 0 Å². The largest absolute Gasteiger partial charge is 0.357 e. The average Bonchev–Trinajstić information content (AvgIpc) is 2.83. The van der Waals surface area contributed by atoms with Gasteiger partial charge in [-0.05, 0) is 22.8 Å². The summed E-state index contributed by atoms with van der Waals surface area (Å²) in [6.45, 7) is 0.273. The van der Waals surface area contributed by atoms with Crippen LogP contribution in [0.3, 0.4) is 0 Å². The summed E-state index contributed by atoms with van der Waals surface area (Å²) in [5.41, 5.74) is 2.97. The number of halogens is 1. The topological polar surface area (TPSA) is 49.4 Å². The van der Waals surface area contributed by atoms with E-state index in [1.54, 1.807) is 29.8 Å². The molecule has 166 valence electrons. The lowest BCUT2D eigenvalue weighted by Gasteiger charge is -2.31. The lowest BCUT2D eigenvalue weighted by molar-refractivity contribution is -0.139. The van der Waals surface area contributed by atoms with Gasteiger partial charge >= 0.3 is 0 Å². The minimum Gasteiger partial charge on any atom is -0.357 e. The second-order valence-corrected chi connectivity index (χ2v) is 8.80. The summed E-state index contributed by atoms with van der Waals surface area (Å²) >= 11 is 7.94. The van der Waals surface area contributed by atoms with Gasteiger partial charge in [0.15, 0.2) is 0 Å². The number of carbonyl (C=O) groups is 2. The van der Waals surface area contributed by atoms with Crippen molar-refractivity contribution in [1.29, 1.82) is 0 Å². The van der Waals surface area contributed by atoms with Crippen LogP contribution in [-0.2, 0) is 28.3 Å². The Bertz CT molecular complexity index is 1010. The molecule has 1 atom stereocenters. The minimum atomic E-state index is -0.636. The van der Waals surface area contributed by atoms with E-state index in [1.165, 1.54) is 0 Å². The molecule has 0 aliphatic rings. The highest BCUT2D eigenvalue weighted by atomic mass is 35.5. The number of likely N-dealkylation sites (N-methyl/N-ethyl adjacent to an activating group) is 1. The number of carbonyl (C=O) groups excluding carboxylic acids is 2. The zero-order valence-electron chi connectivity index (χ0n) is 18.0. The minimum absolute atomic E-state index is 0.0876. The summed E-state index contributed by atoms with van der Waals surface area (Å²) in [7, 11) is 1.60. The SMILES string of the molecule is CNC(=O)[C@H](Cc1ccccc1)N(Cc1ccccc1Cl)C(=O)CSCc1ccccc1. The molecule has 3 rings (SSSR count). The second kappa shape index (κ2) is 12.3. The number of hydrogen-bond acceptors (Lipinski definition) is 3. The molecule has 0 spiro atoms. The van der Waals surface area contributed by atoms with Crippen LogP contribution in [0.1, 0.15) is 16.7 Å². The van der Waals surface area contributed by atoms with Crippen molar-refractivity contribution in [2.75, 3.05) is 12.8 Å². The molecule has 6 heteroatoms. The Morgan fingerprint density at radius 3 is 2.12 bits per heavy atom. The van der Waals surface area contributed by atoms with Crippen LogP contribution in [0.2, 0.25) is 5.02 Å². The van der Waals surface area contributed by atoms with Crippen LogP contribution in [0.25, 0.3) is 0 Å². The third-order valence-corrected chi connectivity index (χ3v) is 6.51. The molecule has 0 aromatic heterocycles. The normalized spacial score (nSPS) is 11.6. The van der Waals surface area contributed by atoms with Crippen LogP contribution in [-0.4, -0.2) is 35.6 Å². The highest BCUT2D eigenvalue weighted by molar-refractivity contribution is 7.99. The van der Waals surface area contributed by atoms with E-state index in [0.29, 0.717) is 11.4 Å². The Labute approximate surface area is 199 Å². The number of nitrogens with one attached hydrogen (secondary N) is 1. The molecule has 0 bridgehead atoms. The van der Waals surface area contributed by atoms with Crippen molar-refractivity contribution in [3.8, 4) is 0 Å². The molecule has 0 saturated heterocycles. The molecule has 1 N–H and O–H groups in total. The van der Waals surface area contributed by atoms with Gasteiger partial charge in [0.05, 0.1) is 5.75 Å². The van der Waals surface area contributed by atoms with Crippen molar-refractivity contribution < 1.29 is 9.59 Å². The van der Waals surface area contributed by atoms with Gasteiger partial charge < -0.3 is 10.2 Å². The van der Waals surface area contributed by atoms with Gasteiger partial charge in [0.2, 0.25) is 11.8 Å². The number of benzene rings is 3. The molecule has 4 nitrogen and oxygen atoms in total. The zero-order chi connectivity index (χ0) is 22.8. The first-order chi connectivity index (χ1) is 15.6. The fourth-order valence-corrected chi connectivity index (χ4v) is 4.51. The predicted octanol–water partition coefficient (Wildman–Crippen LogP) is 4.96. The first-order valence-corrected chi connectivity index (χ1v) is 12.0. The summed E-state index contributed by atoms with van der Waals surface area (Å²) in [5.74, 6) is 0.731. The number of hydrogen-bond donors (Lipinski definition) is 1. The molecule has 0 heterocycles. The smallest absolute Gasteiger partial charge is 0.242 e. The zero-order valence-corrected chi connectivity index (χ0v) is 19.6. The third-order valence-electron chi connectivity index (χ3n) is 5.15. The average molecular weight is 467 g/mol. The van der Waals surface area contributed by atoms with Crippen molar-refractivity contribution >= 4 is 35.2 Å².